The van der Waals surface area contributed by atoms with E-state index in [0.717, 1.165) is 23.5 Å². The maximum absolute atomic E-state index is 12.9. The van der Waals surface area contributed by atoms with E-state index in [1.54, 1.807) is 11.3 Å². The van der Waals surface area contributed by atoms with Crippen LogP contribution in [0.1, 0.15) is 42.8 Å². The summed E-state index contributed by atoms with van der Waals surface area (Å²) < 4.78 is 12.9. The van der Waals surface area contributed by atoms with Gasteiger partial charge in [0.15, 0.2) is 0 Å². The van der Waals surface area contributed by atoms with Crippen LogP contribution in [0, 0.1) is 5.82 Å². The highest BCUT2D eigenvalue weighted by Gasteiger charge is 2.13. The molecule has 19 heavy (non-hydrogen) atoms. The fraction of sp³-hybridized carbons (Fsp3) is 0.400. The number of rotatable bonds is 6. The summed E-state index contributed by atoms with van der Waals surface area (Å²) >= 11 is 1.69. The van der Waals surface area contributed by atoms with Crippen molar-refractivity contribution in [3.05, 3.63) is 52.2 Å². The van der Waals surface area contributed by atoms with Gasteiger partial charge in [-0.05, 0) is 24.1 Å². The molecule has 0 aliphatic rings. The molecule has 0 fully saturated rings. The van der Waals surface area contributed by atoms with Crippen molar-refractivity contribution in [2.75, 3.05) is 6.54 Å². The van der Waals surface area contributed by atoms with Crippen molar-refractivity contribution in [3.8, 4) is 0 Å². The van der Waals surface area contributed by atoms with E-state index in [2.05, 4.69) is 24.1 Å². The van der Waals surface area contributed by atoms with Crippen molar-refractivity contribution < 1.29 is 4.39 Å². The van der Waals surface area contributed by atoms with Crippen molar-refractivity contribution in [2.24, 2.45) is 0 Å². The molecule has 1 aromatic heterocycles. The van der Waals surface area contributed by atoms with Gasteiger partial charge in [0.1, 0.15) is 5.82 Å². The van der Waals surface area contributed by atoms with E-state index in [1.807, 2.05) is 23.7 Å². The van der Waals surface area contributed by atoms with Crippen LogP contribution in [0.5, 0.6) is 0 Å². The summed E-state index contributed by atoms with van der Waals surface area (Å²) in [7, 11) is 0. The largest absolute Gasteiger partial charge is 0.309 e. The number of hydrogen-bond donors (Lipinski definition) is 1. The molecule has 0 saturated carbocycles. The fourth-order valence-electron chi connectivity index (χ4n) is 2.08. The number of nitrogens with one attached hydrogen (secondary N) is 1. The van der Waals surface area contributed by atoms with Crippen LogP contribution in [0.2, 0.25) is 0 Å². The van der Waals surface area contributed by atoms with E-state index in [1.165, 1.54) is 12.1 Å². The van der Waals surface area contributed by atoms with Crippen LogP contribution in [-0.4, -0.2) is 11.5 Å². The molecular formula is C15H19FN2S. The fourth-order valence-corrected chi connectivity index (χ4v) is 2.78. The third kappa shape index (κ3) is 3.85. The van der Waals surface area contributed by atoms with E-state index < -0.39 is 0 Å². The zero-order chi connectivity index (χ0) is 13.7. The van der Waals surface area contributed by atoms with E-state index in [4.69, 9.17) is 0 Å². The average Bonchev–Trinajstić information content (AvgIpc) is 2.95. The smallest absolute Gasteiger partial charge is 0.123 e. The van der Waals surface area contributed by atoms with Gasteiger partial charge in [0, 0.05) is 30.1 Å². The Morgan fingerprint density at radius 2 is 2.05 bits per heavy atom. The first-order valence-electron chi connectivity index (χ1n) is 6.59. The van der Waals surface area contributed by atoms with Gasteiger partial charge < -0.3 is 5.32 Å². The van der Waals surface area contributed by atoms with Gasteiger partial charge in [0.2, 0.25) is 0 Å². The molecule has 1 heterocycles. The third-order valence-corrected chi connectivity index (χ3v) is 4.23. The molecule has 2 nitrogen and oxygen atoms in total. The van der Waals surface area contributed by atoms with Crippen molar-refractivity contribution >= 4 is 11.3 Å². The number of benzene rings is 1. The lowest BCUT2D eigenvalue weighted by molar-refractivity contribution is 0.493. The van der Waals surface area contributed by atoms with Gasteiger partial charge in [-0.2, -0.15) is 0 Å². The molecule has 0 amide bonds. The molecule has 0 spiro atoms. The Morgan fingerprint density at radius 3 is 2.63 bits per heavy atom. The number of nitrogens with zero attached hydrogens (tertiary/aromatic N) is 1. The highest BCUT2D eigenvalue weighted by Crippen LogP contribution is 2.20. The standard InChI is InChI=1S/C15H19FN2S/c1-3-14(12-4-6-13(16)7-5-12)18-10-11(2)15-17-8-9-19-15/h4-9,11,14,18H,3,10H2,1-2H3. The molecule has 0 aliphatic carbocycles. The minimum Gasteiger partial charge on any atom is -0.309 e. The molecule has 0 aliphatic heterocycles. The van der Waals surface area contributed by atoms with Crippen molar-refractivity contribution in [3.63, 3.8) is 0 Å². The number of thiazole rings is 1. The van der Waals surface area contributed by atoms with Gasteiger partial charge in [0.05, 0.1) is 5.01 Å². The molecule has 1 aromatic carbocycles. The van der Waals surface area contributed by atoms with E-state index >= 15 is 0 Å². The molecular weight excluding hydrogens is 259 g/mol. The Kier molecular flexibility index (Phi) is 5.05. The van der Waals surface area contributed by atoms with E-state index in [-0.39, 0.29) is 11.9 Å². The van der Waals surface area contributed by atoms with Crippen molar-refractivity contribution in [2.45, 2.75) is 32.2 Å². The molecule has 1 N–H and O–H groups in total. The first-order chi connectivity index (χ1) is 9.20. The summed E-state index contributed by atoms with van der Waals surface area (Å²) in [5.74, 6) is 0.212. The van der Waals surface area contributed by atoms with Crippen LogP contribution in [0.25, 0.3) is 0 Å². The lowest BCUT2D eigenvalue weighted by Crippen LogP contribution is -2.25. The topological polar surface area (TPSA) is 24.9 Å². The summed E-state index contributed by atoms with van der Waals surface area (Å²) in [5.41, 5.74) is 1.13. The molecule has 0 radical (unpaired) electrons. The van der Waals surface area contributed by atoms with Gasteiger partial charge in [0.25, 0.3) is 0 Å². The summed E-state index contributed by atoms with van der Waals surface area (Å²) in [4.78, 5) is 4.33. The first kappa shape index (κ1) is 14.2. The molecule has 2 aromatic rings. The molecule has 2 rings (SSSR count). The number of aromatic nitrogens is 1. The average molecular weight is 278 g/mol. The Labute approximate surface area is 117 Å². The molecule has 2 atom stereocenters. The highest BCUT2D eigenvalue weighted by molar-refractivity contribution is 7.09. The maximum Gasteiger partial charge on any atom is 0.123 e. The number of halogens is 1. The predicted molar refractivity (Wildman–Crippen MR) is 78.0 cm³/mol. The van der Waals surface area contributed by atoms with Gasteiger partial charge in [-0.1, -0.05) is 26.0 Å². The minimum absolute atomic E-state index is 0.185. The van der Waals surface area contributed by atoms with Crippen molar-refractivity contribution in [1.29, 1.82) is 0 Å². The minimum atomic E-state index is -0.185. The van der Waals surface area contributed by atoms with Gasteiger partial charge >= 0.3 is 0 Å². The summed E-state index contributed by atoms with van der Waals surface area (Å²) in [6, 6.07) is 7.01. The highest BCUT2D eigenvalue weighted by atomic mass is 32.1. The zero-order valence-electron chi connectivity index (χ0n) is 11.3. The van der Waals surface area contributed by atoms with Crippen LogP contribution in [-0.2, 0) is 0 Å². The summed E-state index contributed by atoms with van der Waals surface area (Å²) in [6.07, 6.45) is 2.82. The molecule has 0 bridgehead atoms. The van der Waals surface area contributed by atoms with E-state index in [9.17, 15) is 4.39 Å². The zero-order valence-corrected chi connectivity index (χ0v) is 12.1. The quantitative estimate of drug-likeness (QED) is 0.859. The first-order valence-corrected chi connectivity index (χ1v) is 7.47. The molecule has 2 unspecified atom stereocenters. The molecule has 102 valence electrons. The second kappa shape index (κ2) is 6.78. The summed E-state index contributed by atoms with van der Waals surface area (Å²) in [6.45, 7) is 5.18. The monoisotopic (exact) mass is 278 g/mol. The Balaban J connectivity index is 1.94. The lowest BCUT2D eigenvalue weighted by Gasteiger charge is -2.19. The summed E-state index contributed by atoms with van der Waals surface area (Å²) in [5, 5.41) is 6.69. The Bertz CT molecular complexity index is 481. The SMILES string of the molecule is CCC(NCC(C)c1nccs1)c1ccc(F)cc1. The predicted octanol–water partition coefficient (Wildman–Crippen LogP) is 4.13. The van der Waals surface area contributed by atoms with Crippen LogP contribution >= 0.6 is 11.3 Å². The second-order valence-electron chi connectivity index (χ2n) is 4.69. The number of hydrogen-bond acceptors (Lipinski definition) is 3. The third-order valence-electron chi connectivity index (χ3n) is 3.22. The van der Waals surface area contributed by atoms with E-state index in [0.29, 0.717) is 5.92 Å². The van der Waals surface area contributed by atoms with Crippen LogP contribution in [0.15, 0.2) is 35.8 Å². The Hall–Kier alpha value is -1.26. The lowest BCUT2D eigenvalue weighted by atomic mass is 10.0. The van der Waals surface area contributed by atoms with Crippen molar-refractivity contribution in [1.82, 2.24) is 10.3 Å². The van der Waals surface area contributed by atoms with Crippen LogP contribution in [0.4, 0.5) is 4.39 Å². The molecule has 0 saturated heterocycles. The Morgan fingerprint density at radius 1 is 1.32 bits per heavy atom. The van der Waals surface area contributed by atoms with Gasteiger partial charge in [-0.15, -0.1) is 11.3 Å². The molecule has 4 heteroatoms. The maximum atomic E-state index is 12.9. The second-order valence-corrected chi connectivity index (χ2v) is 5.62. The normalized spacial score (nSPS) is 14.3. The van der Waals surface area contributed by atoms with Gasteiger partial charge in [-0.25, -0.2) is 9.37 Å². The van der Waals surface area contributed by atoms with Crippen LogP contribution < -0.4 is 5.32 Å². The van der Waals surface area contributed by atoms with Crippen LogP contribution in [0.3, 0.4) is 0 Å². The van der Waals surface area contributed by atoms with Gasteiger partial charge in [-0.3, -0.25) is 0 Å².